The van der Waals surface area contributed by atoms with Crippen molar-refractivity contribution in [3.63, 3.8) is 0 Å². The highest BCUT2D eigenvalue weighted by Crippen LogP contribution is 2.29. The van der Waals surface area contributed by atoms with Crippen molar-refractivity contribution in [3.8, 4) is 0 Å². The summed E-state index contributed by atoms with van der Waals surface area (Å²) in [7, 11) is 0. The minimum absolute atomic E-state index is 0.730. The lowest BCUT2D eigenvalue weighted by atomic mass is 10.1. The predicted octanol–water partition coefficient (Wildman–Crippen LogP) is 4.07. The summed E-state index contributed by atoms with van der Waals surface area (Å²) in [6.45, 7) is 2.34. The average molecular weight is 257 g/mol. The maximum Gasteiger partial charge on any atom is 0.0219 e. The van der Waals surface area contributed by atoms with Crippen LogP contribution in [-0.4, -0.2) is 18.3 Å². The molecule has 0 amide bonds. The van der Waals surface area contributed by atoms with Crippen LogP contribution in [0.3, 0.4) is 0 Å². The van der Waals surface area contributed by atoms with Gasteiger partial charge in [0.25, 0.3) is 0 Å². The van der Waals surface area contributed by atoms with Crippen LogP contribution in [0.2, 0.25) is 0 Å². The van der Waals surface area contributed by atoms with E-state index in [0.717, 1.165) is 11.8 Å². The van der Waals surface area contributed by atoms with Crippen LogP contribution >= 0.6 is 11.8 Å². The Morgan fingerprint density at radius 3 is 2.83 bits per heavy atom. The maximum absolute atomic E-state index is 3.53. The van der Waals surface area contributed by atoms with Crippen molar-refractivity contribution in [1.29, 1.82) is 0 Å². The summed E-state index contributed by atoms with van der Waals surface area (Å²) in [5.74, 6) is 0. The molecule has 1 aliphatic heterocycles. The number of nitrogens with one attached hydrogen (secondary N) is 1. The van der Waals surface area contributed by atoms with Gasteiger partial charge in [0.15, 0.2) is 0 Å². The molecule has 2 heteroatoms. The fourth-order valence-corrected chi connectivity index (χ4v) is 3.73. The summed E-state index contributed by atoms with van der Waals surface area (Å²) < 4.78 is 0. The molecule has 1 heterocycles. The van der Waals surface area contributed by atoms with Crippen LogP contribution in [0.25, 0.3) is 10.8 Å². The first-order valence-corrected chi connectivity index (χ1v) is 7.66. The van der Waals surface area contributed by atoms with Gasteiger partial charge in [-0.3, -0.25) is 0 Å². The normalized spacial score (nSPS) is 20.8. The molecule has 0 aliphatic carbocycles. The molecule has 3 rings (SSSR count). The Hall–Kier alpha value is -0.990. The van der Waals surface area contributed by atoms with Crippen molar-refractivity contribution in [3.05, 3.63) is 42.5 Å². The highest BCUT2D eigenvalue weighted by Gasteiger charge is 2.13. The summed E-state index contributed by atoms with van der Waals surface area (Å²) in [4.78, 5) is 1.41. The Balaban J connectivity index is 1.77. The molecule has 0 bridgehead atoms. The number of thioether (sulfide) groups is 1. The van der Waals surface area contributed by atoms with Crippen molar-refractivity contribution < 1.29 is 0 Å². The minimum atomic E-state index is 0.730. The van der Waals surface area contributed by atoms with Crippen molar-refractivity contribution in [2.75, 3.05) is 13.1 Å². The second-order valence-electron chi connectivity index (χ2n) is 4.95. The molecular weight excluding hydrogens is 238 g/mol. The highest BCUT2D eigenvalue weighted by atomic mass is 32.2. The van der Waals surface area contributed by atoms with E-state index in [0.29, 0.717) is 0 Å². The van der Waals surface area contributed by atoms with E-state index in [-0.39, 0.29) is 0 Å². The maximum atomic E-state index is 3.53. The molecule has 1 unspecified atom stereocenters. The van der Waals surface area contributed by atoms with Crippen molar-refractivity contribution in [2.24, 2.45) is 0 Å². The van der Waals surface area contributed by atoms with Crippen molar-refractivity contribution in [1.82, 2.24) is 5.32 Å². The first kappa shape index (κ1) is 12.1. The molecule has 1 fully saturated rings. The standard InChI is InChI=1S/C16H19NS/c1-2-6-14-11-15(9-8-13(14)5-1)18-16-7-3-4-10-17-12-16/h1-2,5-6,8-9,11,16-17H,3-4,7,10,12H2. The van der Waals surface area contributed by atoms with Crippen molar-refractivity contribution >= 4 is 22.5 Å². The van der Waals surface area contributed by atoms with Crippen molar-refractivity contribution in [2.45, 2.75) is 29.4 Å². The summed E-state index contributed by atoms with van der Waals surface area (Å²) in [5, 5.41) is 6.95. The summed E-state index contributed by atoms with van der Waals surface area (Å²) in [6.07, 6.45) is 4.03. The zero-order valence-corrected chi connectivity index (χ0v) is 11.4. The van der Waals surface area contributed by atoms with Crippen LogP contribution in [0.15, 0.2) is 47.4 Å². The third kappa shape index (κ3) is 2.88. The fourth-order valence-electron chi connectivity index (χ4n) is 2.52. The highest BCUT2D eigenvalue weighted by molar-refractivity contribution is 8.00. The Morgan fingerprint density at radius 2 is 1.89 bits per heavy atom. The smallest absolute Gasteiger partial charge is 0.0219 e. The molecule has 0 spiro atoms. The Morgan fingerprint density at radius 1 is 1.00 bits per heavy atom. The molecular formula is C16H19NS. The van der Waals surface area contributed by atoms with Gasteiger partial charge in [-0.15, -0.1) is 11.8 Å². The summed E-state index contributed by atoms with van der Waals surface area (Å²) in [5.41, 5.74) is 0. The Labute approximate surface area is 113 Å². The molecule has 2 aromatic carbocycles. The summed E-state index contributed by atoms with van der Waals surface area (Å²) >= 11 is 2.03. The van der Waals surface area contributed by atoms with Gasteiger partial charge in [-0.1, -0.05) is 36.8 Å². The van der Waals surface area contributed by atoms with Gasteiger partial charge in [-0.05, 0) is 42.3 Å². The monoisotopic (exact) mass is 257 g/mol. The second kappa shape index (κ2) is 5.77. The van der Waals surface area contributed by atoms with E-state index in [4.69, 9.17) is 0 Å². The largest absolute Gasteiger partial charge is 0.316 e. The molecule has 0 aromatic heterocycles. The lowest BCUT2D eigenvalue weighted by molar-refractivity contribution is 0.706. The van der Waals surface area contributed by atoms with Crippen LogP contribution < -0.4 is 5.32 Å². The van der Waals surface area contributed by atoms with E-state index in [1.165, 1.54) is 41.5 Å². The Kier molecular flexibility index (Phi) is 3.87. The Bertz CT molecular complexity index is 515. The van der Waals surface area contributed by atoms with Crippen LogP contribution in [-0.2, 0) is 0 Å². The zero-order chi connectivity index (χ0) is 12.2. The van der Waals surface area contributed by atoms with Gasteiger partial charge in [0, 0.05) is 16.7 Å². The molecule has 1 saturated heterocycles. The lowest BCUT2D eigenvalue weighted by Gasteiger charge is -2.14. The van der Waals surface area contributed by atoms with Gasteiger partial charge >= 0.3 is 0 Å². The summed E-state index contributed by atoms with van der Waals surface area (Å²) in [6, 6.07) is 15.4. The first-order valence-electron chi connectivity index (χ1n) is 6.78. The number of hydrogen-bond donors (Lipinski definition) is 1. The van der Waals surface area contributed by atoms with E-state index >= 15 is 0 Å². The van der Waals surface area contributed by atoms with Gasteiger partial charge in [0.05, 0.1) is 0 Å². The van der Waals surface area contributed by atoms with Gasteiger partial charge in [-0.25, -0.2) is 0 Å². The predicted molar refractivity (Wildman–Crippen MR) is 80.3 cm³/mol. The van der Waals surface area contributed by atoms with Crippen LogP contribution in [0.5, 0.6) is 0 Å². The third-order valence-electron chi connectivity index (χ3n) is 3.53. The van der Waals surface area contributed by atoms with E-state index in [1.54, 1.807) is 0 Å². The molecule has 1 atom stereocenters. The molecule has 2 aromatic rings. The van der Waals surface area contributed by atoms with Gasteiger partial charge in [0.2, 0.25) is 0 Å². The molecule has 1 nitrogen and oxygen atoms in total. The number of rotatable bonds is 2. The first-order chi connectivity index (χ1) is 8.92. The number of benzene rings is 2. The van der Waals surface area contributed by atoms with Crippen LogP contribution in [0.1, 0.15) is 19.3 Å². The van der Waals surface area contributed by atoms with Gasteiger partial charge in [0.1, 0.15) is 0 Å². The number of fused-ring (bicyclic) bond motifs is 1. The van der Waals surface area contributed by atoms with Gasteiger partial charge < -0.3 is 5.32 Å². The minimum Gasteiger partial charge on any atom is -0.316 e. The quantitative estimate of drug-likeness (QED) is 0.870. The molecule has 94 valence electrons. The molecule has 18 heavy (non-hydrogen) atoms. The van der Waals surface area contributed by atoms with Crippen LogP contribution in [0, 0.1) is 0 Å². The zero-order valence-electron chi connectivity index (χ0n) is 10.6. The average Bonchev–Trinajstić information content (AvgIpc) is 2.67. The fraction of sp³-hybridized carbons (Fsp3) is 0.375. The number of hydrogen-bond acceptors (Lipinski definition) is 2. The van der Waals surface area contributed by atoms with E-state index in [9.17, 15) is 0 Å². The van der Waals surface area contributed by atoms with E-state index < -0.39 is 0 Å². The topological polar surface area (TPSA) is 12.0 Å². The lowest BCUT2D eigenvalue weighted by Crippen LogP contribution is -2.22. The van der Waals surface area contributed by atoms with E-state index in [2.05, 4.69) is 47.8 Å². The van der Waals surface area contributed by atoms with Crippen LogP contribution in [0.4, 0.5) is 0 Å². The second-order valence-corrected chi connectivity index (χ2v) is 6.32. The van der Waals surface area contributed by atoms with E-state index in [1.807, 2.05) is 11.8 Å². The molecule has 0 saturated carbocycles. The SMILES string of the molecule is c1ccc2cc(SC3CCCCNC3)ccc2c1. The molecule has 1 aliphatic rings. The van der Waals surface area contributed by atoms with Gasteiger partial charge in [-0.2, -0.15) is 0 Å². The molecule has 1 N–H and O–H groups in total. The third-order valence-corrected chi connectivity index (χ3v) is 4.79. The molecule has 0 radical (unpaired) electrons.